The number of halogens is 1. The molecule has 1 fully saturated rings. The van der Waals surface area contributed by atoms with Gasteiger partial charge in [-0.15, -0.1) is 0 Å². The van der Waals surface area contributed by atoms with E-state index >= 15 is 0 Å². The average Bonchev–Trinajstić information content (AvgIpc) is 2.82. The van der Waals surface area contributed by atoms with E-state index in [-0.39, 0.29) is 17.2 Å². The molecule has 3 N–H and O–H groups in total. The first-order valence-electron chi connectivity index (χ1n) is 11.9. The van der Waals surface area contributed by atoms with E-state index in [9.17, 15) is 18.0 Å². The SMILES string of the molecule is Cc1cc(S(=O)(=O)N2c3ccccc3NC(=O)[C@H]2CC(=O)NCCC2CCCCN2)c(C)cc1Cl. The summed E-state index contributed by atoms with van der Waals surface area (Å²) in [7, 11) is -4.19. The quantitative estimate of drug-likeness (QED) is 0.520. The molecule has 0 saturated carbocycles. The van der Waals surface area contributed by atoms with Crippen molar-refractivity contribution >= 4 is 44.8 Å². The molecular weight excluding hydrogens is 488 g/mol. The maximum absolute atomic E-state index is 14.0. The first kappa shape index (κ1) is 25.5. The zero-order valence-electron chi connectivity index (χ0n) is 19.9. The minimum absolute atomic E-state index is 0.0534. The third-order valence-corrected chi connectivity index (χ3v) is 8.96. The number of amides is 2. The molecule has 8 nitrogen and oxygen atoms in total. The zero-order valence-corrected chi connectivity index (χ0v) is 21.5. The topological polar surface area (TPSA) is 108 Å². The molecule has 1 unspecified atom stereocenters. The minimum Gasteiger partial charge on any atom is -0.356 e. The third-order valence-electron chi connectivity index (χ3n) is 6.58. The molecule has 2 heterocycles. The van der Waals surface area contributed by atoms with Gasteiger partial charge >= 0.3 is 0 Å². The van der Waals surface area contributed by atoms with Gasteiger partial charge in [-0.2, -0.15) is 0 Å². The fourth-order valence-electron chi connectivity index (χ4n) is 4.68. The van der Waals surface area contributed by atoms with E-state index in [2.05, 4.69) is 16.0 Å². The Morgan fingerprint density at radius 3 is 2.69 bits per heavy atom. The molecule has 2 aliphatic heterocycles. The van der Waals surface area contributed by atoms with E-state index in [4.69, 9.17) is 11.6 Å². The van der Waals surface area contributed by atoms with Gasteiger partial charge < -0.3 is 16.0 Å². The van der Waals surface area contributed by atoms with Gasteiger partial charge in [0.15, 0.2) is 0 Å². The van der Waals surface area contributed by atoms with E-state index in [0.717, 1.165) is 30.1 Å². The van der Waals surface area contributed by atoms with Crippen LogP contribution in [-0.4, -0.2) is 45.4 Å². The highest BCUT2D eigenvalue weighted by Crippen LogP contribution is 2.38. The number of carbonyl (C=O) groups excluding carboxylic acids is 2. The van der Waals surface area contributed by atoms with Gasteiger partial charge in [0.2, 0.25) is 11.8 Å². The minimum atomic E-state index is -4.19. The van der Waals surface area contributed by atoms with Gasteiger partial charge in [-0.05, 0) is 75.0 Å². The van der Waals surface area contributed by atoms with Crippen molar-refractivity contribution < 1.29 is 18.0 Å². The summed E-state index contributed by atoms with van der Waals surface area (Å²) in [6, 6.07) is 8.94. The van der Waals surface area contributed by atoms with Crippen LogP contribution in [0.15, 0.2) is 41.3 Å². The Morgan fingerprint density at radius 1 is 1.17 bits per heavy atom. The first-order valence-corrected chi connectivity index (χ1v) is 13.7. The fourth-order valence-corrected chi connectivity index (χ4v) is 6.82. The van der Waals surface area contributed by atoms with Crippen molar-refractivity contribution in [2.45, 2.75) is 62.9 Å². The summed E-state index contributed by atoms with van der Waals surface area (Å²) in [5.74, 6) is -0.913. The van der Waals surface area contributed by atoms with Gasteiger partial charge in [-0.1, -0.05) is 30.2 Å². The lowest BCUT2D eigenvalue weighted by molar-refractivity contribution is -0.125. The molecule has 4 rings (SSSR count). The van der Waals surface area contributed by atoms with Crippen molar-refractivity contribution in [1.29, 1.82) is 0 Å². The molecule has 2 aromatic carbocycles. The zero-order chi connectivity index (χ0) is 25.2. The molecular formula is C25H31ClN4O4S. The van der Waals surface area contributed by atoms with Crippen molar-refractivity contribution in [3.63, 3.8) is 0 Å². The number of aryl methyl sites for hydroxylation is 2. The second-order valence-corrected chi connectivity index (χ2v) is 11.4. The summed E-state index contributed by atoms with van der Waals surface area (Å²) < 4.78 is 29.0. The lowest BCUT2D eigenvalue weighted by atomic mass is 10.0. The van der Waals surface area contributed by atoms with Crippen LogP contribution in [0.25, 0.3) is 0 Å². The molecule has 188 valence electrons. The number of rotatable bonds is 7. The van der Waals surface area contributed by atoms with Gasteiger partial charge in [-0.25, -0.2) is 8.42 Å². The summed E-state index contributed by atoms with van der Waals surface area (Å²) in [6.07, 6.45) is 3.91. The third kappa shape index (κ3) is 5.47. The van der Waals surface area contributed by atoms with Gasteiger partial charge in [0.05, 0.1) is 22.7 Å². The molecule has 0 bridgehead atoms. The van der Waals surface area contributed by atoms with E-state index in [0.29, 0.717) is 40.1 Å². The van der Waals surface area contributed by atoms with Crippen molar-refractivity contribution in [2.24, 2.45) is 0 Å². The second-order valence-electron chi connectivity index (χ2n) is 9.18. The summed E-state index contributed by atoms with van der Waals surface area (Å²) in [6.45, 7) is 4.83. The largest absolute Gasteiger partial charge is 0.356 e. The monoisotopic (exact) mass is 518 g/mol. The number of anilines is 2. The number of carbonyl (C=O) groups is 2. The molecule has 0 aromatic heterocycles. The van der Waals surface area contributed by atoms with Crippen molar-refractivity contribution in [3.05, 3.63) is 52.5 Å². The van der Waals surface area contributed by atoms with E-state index in [1.54, 1.807) is 44.2 Å². The normalized spacial score (nSPS) is 20.2. The van der Waals surface area contributed by atoms with E-state index in [1.165, 1.54) is 12.5 Å². The molecule has 0 spiro atoms. The number of hydrogen-bond acceptors (Lipinski definition) is 5. The molecule has 2 aromatic rings. The van der Waals surface area contributed by atoms with E-state index < -0.39 is 22.0 Å². The Labute approximate surface area is 211 Å². The summed E-state index contributed by atoms with van der Waals surface area (Å²) >= 11 is 6.20. The van der Waals surface area contributed by atoms with Crippen LogP contribution in [0.5, 0.6) is 0 Å². The standard InChI is InChI=1S/C25H31ClN4O4S/c1-16-14-23(17(2)13-19(16)26)35(33,34)30-21-9-4-3-8-20(21)29-25(32)22(30)15-24(31)28-12-10-18-7-5-6-11-27-18/h3-4,8-9,13-14,18,22,27H,5-7,10-12,15H2,1-2H3,(H,28,31)(H,29,32)/t18?,22-/m1/s1. The number of para-hydroxylation sites is 2. The molecule has 2 amide bonds. The molecule has 2 aliphatic rings. The molecule has 1 saturated heterocycles. The smallest absolute Gasteiger partial charge is 0.265 e. The summed E-state index contributed by atoms with van der Waals surface area (Å²) in [4.78, 5) is 26.0. The van der Waals surface area contributed by atoms with Gasteiger partial charge in [-0.3, -0.25) is 13.9 Å². The Kier molecular flexibility index (Phi) is 7.68. The number of sulfonamides is 1. The van der Waals surface area contributed by atoms with Crippen molar-refractivity contribution in [2.75, 3.05) is 22.7 Å². The highest BCUT2D eigenvalue weighted by molar-refractivity contribution is 7.93. The highest BCUT2D eigenvalue weighted by Gasteiger charge is 2.42. The van der Waals surface area contributed by atoms with Crippen LogP contribution in [0.3, 0.4) is 0 Å². The number of fused-ring (bicyclic) bond motifs is 1. The van der Waals surface area contributed by atoms with Crippen LogP contribution in [0.1, 0.15) is 43.2 Å². The second kappa shape index (κ2) is 10.6. The van der Waals surface area contributed by atoms with E-state index in [1.807, 2.05) is 0 Å². The van der Waals surface area contributed by atoms with Crippen molar-refractivity contribution in [1.82, 2.24) is 10.6 Å². The fraction of sp³-hybridized carbons (Fsp3) is 0.440. The highest BCUT2D eigenvalue weighted by atomic mass is 35.5. The maximum atomic E-state index is 14.0. The number of nitrogens with one attached hydrogen (secondary N) is 3. The van der Waals surface area contributed by atoms with Gasteiger partial charge in [0, 0.05) is 17.6 Å². The predicted molar refractivity (Wildman–Crippen MR) is 137 cm³/mol. The molecule has 2 atom stereocenters. The summed E-state index contributed by atoms with van der Waals surface area (Å²) in [5, 5.41) is 9.52. The Hall–Kier alpha value is -2.62. The van der Waals surface area contributed by atoms with Gasteiger partial charge in [0.1, 0.15) is 6.04 Å². The Bertz CT molecular complexity index is 1230. The van der Waals surface area contributed by atoms with Crippen LogP contribution in [0, 0.1) is 13.8 Å². The number of hydrogen-bond donors (Lipinski definition) is 3. The Balaban J connectivity index is 1.61. The van der Waals surface area contributed by atoms with Crippen LogP contribution < -0.4 is 20.3 Å². The number of nitrogens with zero attached hydrogens (tertiary/aromatic N) is 1. The predicted octanol–water partition coefficient (Wildman–Crippen LogP) is 3.51. The van der Waals surface area contributed by atoms with Crippen LogP contribution in [0.4, 0.5) is 11.4 Å². The maximum Gasteiger partial charge on any atom is 0.265 e. The average molecular weight is 519 g/mol. The van der Waals surface area contributed by atoms with Gasteiger partial charge in [0.25, 0.3) is 10.0 Å². The lowest BCUT2D eigenvalue weighted by Gasteiger charge is -2.37. The van der Waals surface area contributed by atoms with Crippen molar-refractivity contribution in [3.8, 4) is 0 Å². The van der Waals surface area contributed by atoms with Crippen LogP contribution in [-0.2, 0) is 19.6 Å². The number of benzene rings is 2. The lowest BCUT2D eigenvalue weighted by Crippen LogP contribution is -2.53. The molecule has 10 heteroatoms. The van der Waals surface area contributed by atoms with Crippen LogP contribution >= 0.6 is 11.6 Å². The number of piperidine rings is 1. The molecule has 0 aliphatic carbocycles. The Morgan fingerprint density at radius 2 is 1.94 bits per heavy atom. The summed E-state index contributed by atoms with van der Waals surface area (Å²) in [5.41, 5.74) is 1.77. The first-order chi connectivity index (χ1) is 16.7. The molecule has 35 heavy (non-hydrogen) atoms. The van der Waals surface area contributed by atoms with Crippen LogP contribution in [0.2, 0.25) is 5.02 Å². The molecule has 0 radical (unpaired) electrons.